The lowest BCUT2D eigenvalue weighted by atomic mass is 10.0. The van der Waals surface area contributed by atoms with E-state index < -0.39 is 0 Å². The molecule has 1 aromatic heterocycles. The van der Waals surface area contributed by atoms with Gasteiger partial charge in [-0.25, -0.2) is 4.98 Å². The Morgan fingerprint density at radius 1 is 1.26 bits per heavy atom. The zero-order valence-electron chi connectivity index (χ0n) is 13.6. The van der Waals surface area contributed by atoms with Gasteiger partial charge in [0.05, 0.1) is 5.69 Å². The van der Waals surface area contributed by atoms with Crippen LogP contribution in [0.3, 0.4) is 0 Å². The molecule has 0 atom stereocenters. The Kier molecular flexibility index (Phi) is 5.87. The van der Waals surface area contributed by atoms with E-state index in [0.29, 0.717) is 24.3 Å². The van der Waals surface area contributed by atoms with Crippen LogP contribution in [0.1, 0.15) is 26.0 Å². The van der Waals surface area contributed by atoms with E-state index >= 15 is 0 Å². The third kappa shape index (κ3) is 4.92. The van der Waals surface area contributed by atoms with Gasteiger partial charge >= 0.3 is 0 Å². The summed E-state index contributed by atoms with van der Waals surface area (Å²) in [5.74, 6) is 0.677. The number of ketones is 1. The number of nitrogens with zero attached hydrogens (tertiary/aromatic N) is 1. The molecule has 0 bridgehead atoms. The number of Topliss-reactive ketones (excluding diaryl/α,β-unsaturated/α-hetero) is 1. The van der Waals surface area contributed by atoms with Crippen molar-refractivity contribution in [3.63, 3.8) is 0 Å². The van der Waals surface area contributed by atoms with E-state index in [0.717, 1.165) is 16.8 Å². The summed E-state index contributed by atoms with van der Waals surface area (Å²) in [5.41, 5.74) is 3.33. The number of aromatic nitrogens is 1. The summed E-state index contributed by atoms with van der Waals surface area (Å²) in [6.07, 6.45) is 8.06. The molecule has 0 aliphatic carbocycles. The highest BCUT2D eigenvalue weighted by molar-refractivity contribution is 5.98. The van der Waals surface area contributed by atoms with Gasteiger partial charge in [-0.05, 0) is 26.0 Å². The van der Waals surface area contributed by atoms with Crippen LogP contribution in [0.5, 0.6) is 0 Å². The number of aryl methyl sites for hydroxylation is 1. The van der Waals surface area contributed by atoms with Crippen LogP contribution in [0.4, 0.5) is 0 Å². The fraction of sp³-hybridized carbons (Fsp3) is 0.200. The molecular formula is C20H21NO2. The number of allylic oxidation sites excluding steroid dienone is 5. The van der Waals surface area contributed by atoms with Gasteiger partial charge in [-0.1, -0.05) is 48.6 Å². The molecule has 0 amide bonds. The van der Waals surface area contributed by atoms with Crippen LogP contribution < -0.4 is 0 Å². The molecule has 0 radical (unpaired) electrons. The van der Waals surface area contributed by atoms with Gasteiger partial charge in [-0.3, -0.25) is 4.79 Å². The highest BCUT2D eigenvalue weighted by Crippen LogP contribution is 2.19. The van der Waals surface area contributed by atoms with Gasteiger partial charge in [0.15, 0.2) is 5.78 Å². The summed E-state index contributed by atoms with van der Waals surface area (Å²) < 4.78 is 5.49. The third-order valence-electron chi connectivity index (χ3n) is 3.36. The first kappa shape index (κ1) is 16.7. The summed E-state index contributed by atoms with van der Waals surface area (Å²) in [6, 6.07) is 9.72. The standard InChI is InChI=1S/C20H21NO2/c1-4-16(11-10-15(2)3)19(22)13-12-18-14-23-20(21-18)17-8-6-5-7-9-17/h4-11,14H,2,12-13H2,1,3H3/b11-10-,16-4+. The molecule has 2 rings (SSSR count). The summed E-state index contributed by atoms with van der Waals surface area (Å²) in [5, 5.41) is 0. The lowest BCUT2D eigenvalue weighted by Gasteiger charge is -2.00. The molecule has 0 saturated carbocycles. The Morgan fingerprint density at radius 3 is 2.65 bits per heavy atom. The SMILES string of the molecule is C=C(C)/C=C\C(=C/C)C(=O)CCc1coc(-c2ccccc2)n1. The molecule has 0 unspecified atom stereocenters. The maximum atomic E-state index is 12.2. The van der Waals surface area contributed by atoms with Gasteiger partial charge in [0.1, 0.15) is 6.26 Å². The second-order valence-electron chi connectivity index (χ2n) is 5.36. The maximum Gasteiger partial charge on any atom is 0.226 e. The minimum absolute atomic E-state index is 0.0919. The van der Waals surface area contributed by atoms with Crippen molar-refractivity contribution < 1.29 is 9.21 Å². The number of carbonyl (C=O) groups excluding carboxylic acids is 1. The Bertz CT molecular complexity index is 736. The monoisotopic (exact) mass is 307 g/mol. The van der Waals surface area contributed by atoms with E-state index in [2.05, 4.69) is 11.6 Å². The van der Waals surface area contributed by atoms with Gasteiger partial charge in [-0.2, -0.15) is 0 Å². The van der Waals surface area contributed by atoms with Crippen molar-refractivity contribution >= 4 is 5.78 Å². The molecule has 0 spiro atoms. The Balaban J connectivity index is 1.97. The van der Waals surface area contributed by atoms with Gasteiger partial charge in [0, 0.05) is 24.0 Å². The first-order valence-corrected chi connectivity index (χ1v) is 7.63. The number of oxazole rings is 1. The molecule has 1 heterocycles. The Labute approximate surface area is 137 Å². The zero-order valence-corrected chi connectivity index (χ0v) is 13.6. The average molecular weight is 307 g/mol. The van der Waals surface area contributed by atoms with Crippen molar-refractivity contribution in [3.8, 4) is 11.5 Å². The van der Waals surface area contributed by atoms with Crippen molar-refractivity contribution in [3.05, 3.63) is 78.2 Å². The first-order valence-electron chi connectivity index (χ1n) is 7.63. The number of hydrogen-bond donors (Lipinski definition) is 0. The molecule has 0 fully saturated rings. The first-order chi connectivity index (χ1) is 11.1. The van der Waals surface area contributed by atoms with Crippen LogP contribution >= 0.6 is 0 Å². The molecule has 3 heteroatoms. The largest absolute Gasteiger partial charge is 0.444 e. The van der Waals surface area contributed by atoms with Crippen LogP contribution in [-0.4, -0.2) is 10.8 Å². The molecule has 2 aromatic rings. The predicted octanol–water partition coefficient (Wildman–Crippen LogP) is 4.92. The van der Waals surface area contributed by atoms with Crippen LogP contribution in [0.15, 0.2) is 77.0 Å². The van der Waals surface area contributed by atoms with Crippen molar-refractivity contribution in [2.75, 3.05) is 0 Å². The van der Waals surface area contributed by atoms with E-state index in [4.69, 9.17) is 4.42 Å². The average Bonchev–Trinajstić information content (AvgIpc) is 3.03. The number of carbonyl (C=O) groups is 1. The Morgan fingerprint density at radius 2 is 2.00 bits per heavy atom. The van der Waals surface area contributed by atoms with Gasteiger partial charge in [0.25, 0.3) is 0 Å². The summed E-state index contributed by atoms with van der Waals surface area (Å²) >= 11 is 0. The second-order valence-corrected chi connectivity index (χ2v) is 5.36. The van der Waals surface area contributed by atoms with Gasteiger partial charge in [0.2, 0.25) is 5.89 Å². The van der Waals surface area contributed by atoms with Crippen LogP contribution in [0, 0.1) is 0 Å². The lowest BCUT2D eigenvalue weighted by molar-refractivity contribution is -0.115. The molecule has 23 heavy (non-hydrogen) atoms. The minimum atomic E-state index is 0.0919. The summed E-state index contributed by atoms with van der Waals surface area (Å²) in [4.78, 5) is 16.7. The minimum Gasteiger partial charge on any atom is -0.444 e. The van der Waals surface area contributed by atoms with Crippen LogP contribution in [-0.2, 0) is 11.2 Å². The summed E-state index contributed by atoms with van der Waals surface area (Å²) in [6.45, 7) is 7.56. The molecule has 0 saturated heterocycles. The van der Waals surface area contributed by atoms with E-state index in [1.54, 1.807) is 6.26 Å². The second kappa shape index (κ2) is 8.08. The molecule has 1 aromatic carbocycles. The maximum absolute atomic E-state index is 12.2. The lowest BCUT2D eigenvalue weighted by Crippen LogP contribution is -2.02. The van der Waals surface area contributed by atoms with E-state index in [1.165, 1.54) is 0 Å². The highest BCUT2D eigenvalue weighted by atomic mass is 16.3. The number of rotatable bonds is 7. The van der Waals surface area contributed by atoms with Crippen molar-refractivity contribution in [1.82, 2.24) is 4.98 Å². The fourth-order valence-corrected chi connectivity index (χ4v) is 2.10. The predicted molar refractivity (Wildman–Crippen MR) is 93.0 cm³/mol. The van der Waals surface area contributed by atoms with Crippen LogP contribution in [0.25, 0.3) is 11.5 Å². The molecular weight excluding hydrogens is 286 g/mol. The quantitative estimate of drug-likeness (QED) is 0.538. The Hall–Kier alpha value is -2.68. The van der Waals surface area contributed by atoms with E-state index in [9.17, 15) is 4.79 Å². The van der Waals surface area contributed by atoms with Crippen molar-refractivity contribution in [2.45, 2.75) is 26.7 Å². The molecule has 0 aliphatic heterocycles. The topological polar surface area (TPSA) is 43.1 Å². The fourth-order valence-electron chi connectivity index (χ4n) is 2.10. The summed E-state index contributed by atoms with van der Waals surface area (Å²) in [7, 11) is 0. The molecule has 3 nitrogen and oxygen atoms in total. The smallest absolute Gasteiger partial charge is 0.226 e. The third-order valence-corrected chi connectivity index (χ3v) is 3.36. The molecule has 0 N–H and O–H groups in total. The van der Waals surface area contributed by atoms with E-state index in [-0.39, 0.29) is 5.78 Å². The number of hydrogen-bond acceptors (Lipinski definition) is 3. The number of benzene rings is 1. The highest BCUT2D eigenvalue weighted by Gasteiger charge is 2.10. The molecule has 0 aliphatic rings. The molecule has 118 valence electrons. The zero-order chi connectivity index (χ0) is 16.7. The van der Waals surface area contributed by atoms with Gasteiger partial charge in [-0.15, -0.1) is 0 Å². The van der Waals surface area contributed by atoms with E-state index in [1.807, 2.05) is 62.4 Å². The van der Waals surface area contributed by atoms with Gasteiger partial charge < -0.3 is 4.42 Å². The van der Waals surface area contributed by atoms with Crippen molar-refractivity contribution in [2.24, 2.45) is 0 Å². The normalized spacial score (nSPS) is 11.8. The van der Waals surface area contributed by atoms with Crippen LogP contribution in [0.2, 0.25) is 0 Å². The van der Waals surface area contributed by atoms with Crippen molar-refractivity contribution in [1.29, 1.82) is 0 Å².